The fourth-order valence-corrected chi connectivity index (χ4v) is 3.40. The average Bonchev–Trinajstić information content (AvgIpc) is 3.12. The van der Waals surface area contributed by atoms with E-state index in [1.54, 1.807) is 0 Å². The Hall–Kier alpha value is -1.99. The lowest BCUT2D eigenvalue weighted by molar-refractivity contribution is -0.0523. The molecule has 144 valence electrons. The van der Waals surface area contributed by atoms with Gasteiger partial charge in [-0.2, -0.15) is 8.78 Å². The summed E-state index contributed by atoms with van der Waals surface area (Å²) in [6.07, 6.45) is 7.29. The molecule has 9 heteroatoms. The number of aromatic nitrogens is 2. The maximum absolute atomic E-state index is 12.6. The summed E-state index contributed by atoms with van der Waals surface area (Å²) < 4.78 is 35.5. The summed E-state index contributed by atoms with van der Waals surface area (Å²) in [6, 6.07) is 1.32. The van der Waals surface area contributed by atoms with Gasteiger partial charge in [-0.05, 0) is 25.7 Å². The normalized spacial score (nSPS) is 14.6. The Morgan fingerprint density at radius 1 is 1.15 bits per heavy atom. The molecule has 5 nitrogen and oxygen atoms in total. The van der Waals surface area contributed by atoms with Crippen molar-refractivity contribution in [2.75, 3.05) is 0 Å². The van der Waals surface area contributed by atoms with Gasteiger partial charge < -0.3 is 9.47 Å². The van der Waals surface area contributed by atoms with Crippen molar-refractivity contribution < 1.29 is 23.0 Å². The van der Waals surface area contributed by atoms with Crippen LogP contribution in [0.25, 0.3) is 0 Å². The van der Waals surface area contributed by atoms with Crippen molar-refractivity contribution in [1.29, 1.82) is 0 Å². The lowest BCUT2D eigenvalue weighted by Crippen LogP contribution is -2.15. The standard InChI is InChI=1S/C18H16Cl2F2N2O3/c19-12-7-23-8-13(20)11(12)5-15(25)14-6-16(26-10-3-1-2-4-10)17(9-24-14)27-18(21)22/h6-10,18H,1-5H2. The van der Waals surface area contributed by atoms with Gasteiger partial charge >= 0.3 is 6.61 Å². The molecule has 0 saturated heterocycles. The average molecular weight is 417 g/mol. The maximum atomic E-state index is 12.6. The monoisotopic (exact) mass is 416 g/mol. The SMILES string of the molecule is O=C(Cc1c(Cl)cncc1Cl)c1cc(OC2CCCC2)c(OC(F)F)cn1. The zero-order valence-electron chi connectivity index (χ0n) is 14.1. The van der Waals surface area contributed by atoms with E-state index in [2.05, 4.69) is 14.7 Å². The minimum Gasteiger partial charge on any atom is -0.486 e. The highest BCUT2D eigenvalue weighted by Crippen LogP contribution is 2.33. The zero-order chi connectivity index (χ0) is 19.4. The van der Waals surface area contributed by atoms with Crippen LogP contribution < -0.4 is 9.47 Å². The van der Waals surface area contributed by atoms with Crippen LogP contribution in [0, 0.1) is 0 Å². The first-order chi connectivity index (χ1) is 12.9. The van der Waals surface area contributed by atoms with Gasteiger partial charge in [0.1, 0.15) is 5.69 Å². The quantitative estimate of drug-likeness (QED) is 0.585. The number of Topliss-reactive ketones (excluding diaryl/α,β-unsaturated/α-hetero) is 1. The van der Waals surface area contributed by atoms with Crippen molar-refractivity contribution in [3.05, 3.63) is 46.0 Å². The Kier molecular flexibility index (Phi) is 6.44. The van der Waals surface area contributed by atoms with E-state index >= 15 is 0 Å². The van der Waals surface area contributed by atoms with Crippen LogP contribution in [0.3, 0.4) is 0 Å². The van der Waals surface area contributed by atoms with Crippen molar-refractivity contribution in [3.8, 4) is 11.5 Å². The molecule has 0 spiro atoms. The van der Waals surface area contributed by atoms with E-state index < -0.39 is 6.61 Å². The second kappa shape index (κ2) is 8.80. The molecule has 0 aromatic carbocycles. The van der Waals surface area contributed by atoms with Crippen LogP contribution in [0.1, 0.15) is 41.7 Å². The summed E-state index contributed by atoms with van der Waals surface area (Å²) in [4.78, 5) is 20.4. The van der Waals surface area contributed by atoms with E-state index in [0.29, 0.717) is 5.56 Å². The van der Waals surface area contributed by atoms with Gasteiger partial charge in [-0.25, -0.2) is 4.98 Å². The second-order valence-corrected chi connectivity index (χ2v) is 6.92. The van der Waals surface area contributed by atoms with Crippen LogP contribution in [0.15, 0.2) is 24.7 Å². The van der Waals surface area contributed by atoms with E-state index in [1.807, 2.05) is 0 Å². The van der Waals surface area contributed by atoms with Crippen molar-refractivity contribution in [3.63, 3.8) is 0 Å². The Balaban J connectivity index is 1.84. The summed E-state index contributed by atoms with van der Waals surface area (Å²) in [5.74, 6) is -0.509. The highest BCUT2D eigenvalue weighted by molar-refractivity contribution is 6.36. The van der Waals surface area contributed by atoms with Gasteiger partial charge in [-0.1, -0.05) is 23.2 Å². The summed E-state index contributed by atoms with van der Waals surface area (Å²) in [7, 11) is 0. The Morgan fingerprint density at radius 2 is 1.81 bits per heavy atom. The third-order valence-electron chi connectivity index (χ3n) is 4.22. The number of nitrogens with zero attached hydrogens (tertiary/aromatic N) is 2. The number of pyridine rings is 2. The highest BCUT2D eigenvalue weighted by Gasteiger charge is 2.22. The summed E-state index contributed by atoms with van der Waals surface area (Å²) in [5, 5.41) is 0.520. The van der Waals surface area contributed by atoms with Gasteiger partial charge in [-0.3, -0.25) is 9.78 Å². The van der Waals surface area contributed by atoms with Gasteiger partial charge in [0.25, 0.3) is 0 Å². The third-order valence-corrected chi connectivity index (χ3v) is 4.87. The fourth-order valence-electron chi connectivity index (χ4n) is 2.90. The molecule has 0 N–H and O–H groups in total. The zero-order valence-corrected chi connectivity index (χ0v) is 15.6. The molecular weight excluding hydrogens is 401 g/mol. The van der Waals surface area contributed by atoms with Gasteiger partial charge in [-0.15, -0.1) is 0 Å². The fraction of sp³-hybridized carbons (Fsp3) is 0.389. The number of halogens is 4. The molecule has 0 aliphatic heterocycles. The number of ketones is 1. The Morgan fingerprint density at radius 3 is 2.44 bits per heavy atom. The first-order valence-electron chi connectivity index (χ1n) is 8.36. The first kappa shape index (κ1) is 19.8. The minimum absolute atomic E-state index is 0.0496. The molecule has 0 atom stereocenters. The van der Waals surface area contributed by atoms with Gasteiger partial charge in [0.2, 0.25) is 0 Å². The van der Waals surface area contributed by atoms with Crippen molar-refractivity contribution in [1.82, 2.24) is 9.97 Å². The predicted octanol–water partition coefficient (Wildman–Crippen LogP) is 5.13. The maximum Gasteiger partial charge on any atom is 0.387 e. The molecule has 3 rings (SSSR count). The minimum atomic E-state index is -3.02. The summed E-state index contributed by atoms with van der Waals surface area (Å²) >= 11 is 12.1. The predicted molar refractivity (Wildman–Crippen MR) is 96.0 cm³/mol. The van der Waals surface area contributed by atoms with Crippen LogP contribution in [0.4, 0.5) is 8.78 Å². The molecule has 27 heavy (non-hydrogen) atoms. The molecule has 0 unspecified atom stereocenters. The lowest BCUT2D eigenvalue weighted by atomic mass is 10.1. The number of ether oxygens (including phenoxy) is 2. The molecule has 0 amide bonds. The van der Waals surface area contributed by atoms with E-state index in [-0.39, 0.29) is 45.5 Å². The number of carbonyl (C=O) groups excluding carboxylic acids is 1. The van der Waals surface area contributed by atoms with Crippen molar-refractivity contribution in [2.45, 2.75) is 44.8 Å². The molecular formula is C18H16Cl2F2N2O3. The van der Waals surface area contributed by atoms with E-state index in [0.717, 1.165) is 31.9 Å². The Labute approximate surface area is 164 Å². The van der Waals surface area contributed by atoms with Crippen LogP contribution in [-0.2, 0) is 6.42 Å². The number of rotatable bonds is 7. The van der Waals surface area contributed by atoms with Crippen molar-refractivity contribution in [2.24, 2.45) is 0 Å². The molecule has 0 bridgehead atoms. The van der Waals surface area contributed by atoms with Gasteiger partial charge in [0.15, 0.2) is 17.3 Å². The van der Waals surface area contributed by atoms with Gasteiger partial charge in [0, 0.05) is 30.4 Å². The highest BCUT2D eigenvalue weighted by atomic mass is 35.5. The smallest absolute Gasteiger partial charge is 0.387 e. The Bertz CT molecular complexity index is 810. The first-order valence-corrected chi connectivity index (χ1v) is 9.12. The number of hydrogen-bond acceptors (Lipinski definition) is 5. The molecule has 2 aromatic heterocycles. The van der Waals surface area contributed by atoms with Crippen LogP contribution >= 0.6 is 23.2 Å². The topological polar surface area (TPSA) is 61.3 Å². The number of hydrogen-bond donors (Lipinski definition) is 0. The number of alkyl halides is 2. The van der Waals surface area contributed by atoms with Crippen LogP contribution in [0.2, 0.25) is 10.0 Å². The van der Waals surface area contributed by atoms with Crippen LogP contribution in [0.5, 0.6) is 11.5 Å². The molecule has 1 saturated carbocycles. The summed E-state index contributed by atoms with van der Waals surface area (Å²) in [5.41, 5.74) is 0.472. The second-order valence-electron chi connectivity index (χ2n) is 6.10. The molecule has 1 aliphatic carbocycles. The van der Waals surface area contributed by atoms with Gasteiger partial charge in [0.05, 0.1) is 22.3 Å². The van der Waals surface area contributed by atoms with E-state index in [9.17, 15) is 13.6 Å². The number of carbonyl (C=O) groups is 1. The molecule has 0 radical (unpaired) electrons. The largest absolute Gasteiger partial charge is 0.486 e. The van der Waals surface area contributed by atoms with E-state index in [1.165, 1.54) is 18.5 Å². The van der Waals surface area contributed by atoms with E-state index in [4.69, 9.17) is 27.9 Å². The molecule has 2 heterocycles. The van der Waals surface area contributed by atoms with Crippen molar-refractivity contribution >= 4 is 29.0 Å². The summed E-state index contributed by atoms with van der Waals surface area (Å²) in [6.45, 7) is -3.02. The third kappa shape index (κ3) is 5.05. The molecule has 1 fully saturated rings. The molecule has 1 aliphatic rings. The van der Waals surface area contributed by atoms with Crippen LogP contribution in [-0.4, -0.2) is 28.5 Å². The lowest BCUT2D eigenvalue weighted by Gasteiger charge is -2.17. The molecule has 2 aromatic rings.